The third-order valence-corrected chi connectivity index (χ3v) is 3.17. The molecule has 1 aromatic heterocycles. The number of halogens is 1. The Morgan fingerprint density at radius 2 is 2.40 bits per heavy atom. The van der Waals surface area contributed by atoms with Crippen LogP contribution in [0.2, 0.25) is 0 Å². The monoisotopic (exact) mass is 390 g/mol. The number of nitrogens with one attached hydrogen (secondary N) is 1. The summed E-state index contributed by atoms with van der Waals surface area (Å²) in [6.07, 6.45) is 6.32. The lowest BCUT2D eigenvalue weighted by Gasteiger charge is -2.08. The van der Waals surface area contributed by atoms with Crippen LogP contribution in [0, 0.1) is 0 Å². The summed E-state index contributed by atoms with van der Waals surface area (Å²) in [6.45, 7) is 2.38. The maximum Gasteiger partial charge on any atom is 0.188 e. The molecule has 0 radical (unpaired) electrons. The number of ether oxygens (including phenoxy) is 1. The van der Waals surface area contributed by atoms with E-state index in [1.807, 2.05) is 18.2 Å². The van der Waals surface area contributed by atoms with Gasteiger partial charge in [0.25, 0.3) is 0 Å². The highest BCUT2D eigenvalue weighted by molar-refractivity contribution is 14.0. The summed E-state index contributed by atoms with van der Waals surface area (Å²) in [5.74, 6) is 0.508. The molecule has 1 saturated heterocycles. The maximum absolute atomic E-state index is 5.80. The molecule has 0 amide bonds. The number of hydrogen-bond acceptors (Lipinski definition) is 3. The molecule has 1 aliphatic heterocycles. The number of nitrogens with zero attached hydrogens (tertiary/aromatic N) is 2. The largest absolute Gasteiger partial charge is 0.378 e. The summed E-state index contributed by atoms with van der Waals surface area (Å²) in [4.78, 5) is 8.55. The minimum Gasteiger partial charge on any atom is -0.378 e. The highest BCUT2D eigenvalue weighted by Crippen LogP contribution is 2.14. The molecular formula is C14H23IN4O. The smallest absolute Gasteiger partial charge is 0.188 e. The molecule has 2 heterocycles. The molecule has 1 unspecified atom stereocenters. The van der Waals surface area contributed by atoms with Crippen LogP contribution in [0.25, 0.3) is 0 Å². The van der Waals surface area contributed by atoms with Crippen LogP contribution < -0.4 is 11.1 Å². The van der Waals surface area contributed by atoms with E-state index in [-0.39, 0.29) is 24.0 Å². The number of aromatic nitrogens is 1. The maximum atomic E-state index is 5.80. The number of rotatable bonds is 6. The number of guanidine groups is 1. The van der Waals surface area contributed by atoms with E-state index in [4.69, 9.17) is 10.5 Å². The number of nitrogens with two attached hydrogens (primary N) is 1. The van der Waals surface area contributed by atoms with E-state index in [1.165, 1.54) is 6.42 Å². The van der Waals surface area contributed by atoms with Crippen LogP contribution in [0.3, 0.4) is 0 Å². The van der Waals surface area contributed by atoms with Gasteiger partial charge in [0, 0.05) is 38.0 Å². The van der Waals surface area contributed by atoms with Crippen LogP contribution in [0.5, 0.6) is 0 Å². The lowest BCUT2D eigenvalue weighted by atomic mass is 10.2. The average Bonchev–Trinajstić information content (AvgIpc) is 2.93. The molecule has 0 saturated carbocycles. The van der Waals surface area contributed by atoms with Gasteiger partial charge in [-0.25, -0.2) is 0 Å². The van der Waals surface area contributed by atoms with Gasteiger partial charge < -0.3 is 15.8 Å². The fraction of sp³-hybridized carbons (Fsp3) is 0.571. The second-order valence-corrected chi connectivity index (χ2v) is 4.69. The third-order valence-electron chi connectivity index (χ3n) is 3.17. The Labute approximate surface area is 137 Å². The van der Waals surface area contributed by atoms with Crippen molar-refractivity contribution in [1.29, 1.82) is 0 Å². The quantitative estimate of drug-likeness (QED) is 0.441. The van der Waals surface area contributed by atoms with Gasteiger partial charge >= 0.3 is 0 Å². The van der Waals surface area contributed by atoms with Crippen molar-refractivity contribution in [2.45, 2.75) is 31.8 Å². The highest BCUT2D eigenvalue weighted by atomic mass is 127. The zero-order chi connectivity index (χ0) is 13.3. The summed E-state index contributed by atoms with van der Waals surface area (Å²) >= 11 is 0. The SMILES string of the molecule is I.NC(=NCCC1CCCO1)NCCc1ccccn1. The zero-order valence-corrected chi connectivity index (χ0v) is 14.0. The molecule has 20 heavy (non-hydrogen) atoms. The number of hydrogen-bond donors (Lipinski definition) is 2. The number of aliphatic imine (C=N–C) groups is 1. The van der Waals surface area contributed by atoms with Gasteiger partial charge in [-0.3, -0.25) is 9.98 Å². The fourth-order valence-electron chi connectivity index (χ4n) is 2.12. The van der Waals surface area contributed by atoms with Gasteiger partial charge in [0.2, 0.25) is 0 Å². The molecule has 0 spiro atoms. The molecule has 1 aromatic rings. The van der Waals surface area contributed by atoms with Gasteiger partial charge in [-0.15, -0.1) is 24.0 Å². The summed E-state index contributed by atoms with van der Waals surface area (Å²) < 4.78 is 5.53. The molecule has 1 atom stereocenters. The summed E-state index contributed by atoms with van der Waals surface area (Å²) in [5, 5.41) is 3.10. The van der Waals surface area contributed by atoms with Crippen LogP contribution in [0.15, 0.2) is 29.4 Å². The molecule has 0 aliphatic carbocycles. The zero-order valence-electron chi connectivity index (χ0n) is 11.6. The molecule has 0 bridgehead atoms. The first-order chi connectivity index (χ1) is 9.34. The first-order valence-electron chi connectivity index (χ1n) is 6.90. The van der Waals surface area contributed by atoms with Gasteiger partial charge in [0.05, 0.1) is 6.10 Å². The van der Waals surface area contributed by atoms with Crippen molar-refractivity contribution in [3.05, 3.63) is 30.1 Å². The van der Waals surface area contributed by atoms with E-state index >= 15 is 0 Å². The van der Waals surface area contributed by atoms with Crippen molar-refractivity contribution in [3.63, 3.8) is 0 Å². The van der Waals surface area contributed by atoms with Gasteiger partial charge in [-0.1, -0.05) is 6.07 Å². The Morgan fingerprint density at radius 3 is 3.10 bits per heavy atom. The molecule has 5 nitrogen and oxygen atoms in total. The molecule has 1 aliphatic rings. The standard InChI is InChI=1S/C14H22N4O.HI/c15-14(18-10-7-13-5-3-11-19-13)17-9-6-12-4-1-2-8-16-12;/h1-2,4,8,13H,3,5-7,9-11H2,(H3,15,17,18);1H. The van der Waals surface area contributed by atoms with E-state index in [0.717, 1.165) is 44.7 Å². The molecule has 3 N–H and O–H groups in total. The van der Waals surface area contributed by atoms with Crippen molar-refractivity contribution in [3.8, 4) is 0 Å². The van der Waals surface area contributed by atoms with E-state index in [0.29, 0.717) is 12.1 Å². The fourth-order valence-corrected chi connectivity index (χ4v) is 2.12. The second-order valence-electron chi connectivity index (χ2n) is 4.69. The van der Waals surface area contributed by atoms with Gasteiger partial charge in [-0.2, -0.15) is 0 Å². The lowest BCUT2D eigenvalue weighted by Crippen LogP contribution is -2.33. The first-order valence-corrected chi connectivity index (χ1v) is 6.90. The molecule has 2 rings (SSSR count). The second kappa shape index (κ2) is 9.93. The third kappa shape index (κ3) is 6.51. The Kier molecular flexibility index (Phi) is 8.52. The minimum atomic E-state index is 0. The predicted molar refractivity (Wildman–Crippen MR) is 91.4 cm³/mol. The molecule has 6 heteroatoms. The van der Waals surface area contributed by atoms with Gasteiger partial charge in [0.15, 0.2) is 5.96 Å². The lowest BCUT2D eigenvalue weighted by molar-refractivity contribution is 0.106. The van der Waals surface area contributed by atoms with Crippen molar-refractivity contribution in [2.24, 2.45) is 10.7 Å². The summed E-state index contributed by atoms with van der Waals surface area (Å²) in [7, 11) is 0. The predicted octanol–water partition coefficient (Wildman–Crippen LogP) is 1.72. The minimum absolute atomic E-state index is 0. The van der Waals surface area contributed by atoms with Crippen LogP contribution in [0.4, 0.5) is 0 Å². The molecule has 1 fully saturated rings. The van der Waals surface area contributed by atoms with E-state index < -0.39 is 0 Å². The molecular weight excluding hydrogens is 367 g/mol. The van der Waals surface area contributed by atoms with Crippen LogP contribution in [0.1, 0.15) is 25.0 Å². The Morgan fingerprint density at radius 1 is 1.50 bits per heavy atom. The molecule has 0 aromatic carbocycles. The average molecular weight is 390 g/mol. The van der Waals surface area contributed by atoms with Crippen LogP contribution >= 0.6 is 24.0 Å². The Hall–Kier alpha value is -0.890. The normalized spacial score (nSPS) is 18.6. The summed E-state index contributed by atoms with van der Waals surface area (Å²) in [5.41, 5.74) is 6.86. The topological polar surface area (TPSA) is 72.5 Å². The van der Waals surface area contributed by atoms with Crippen LogP contribution in [-0.4, -0.2) is 36.7 Å². The first kappa shape index (κ1) is 17.2. The van der Waals surface area contributed by atoms with E-state index in [2.05, 4.69) is 15.3 Å². The van der Waals surface area contributed by atoms with Crippen molar-refractivity contribution >= 4 is 29.9 Å². The van der Waals surface area contributed by atoms with Crippen molar-refractivity contribution < 1.29 is 4.74 Å². The number of pyridine rings is 1. The van der Waals surface area contributed by atoms with Crippen molar-refractivity contribution in [2.75, 3.05) is 19.7 Å². The van der Waals surface area contributed by atoms with Gasteiger partial charge in [0.1, 0.15) is 0 Å². The highest BCUT2D eigenvalue weighted by Gasteiger charge is 2.14. The van der Waals surface area contributed by atoms with E-state index in [1.54, 1.807) is 6.20 Å². The Bertz CT molecular complexity index is 393. The molecule has 112 valence electrons. The van der Waals surface area contributed by atoms with Crippen molar-refractivity contribution in [1.82, 2.24) is 10.3 Å². The van der Waals surface area contributed by atoms with Gasteiger partial charge in [-0.05, 0) is 31.4 Å². The summed E-state index contributed by atoms with van der Waals surface area (Å²) in [6, 6.07) is 5.91. The van der Waals surface area contributed by atoms with E-state index in [9.17, 15) is 0 Å². The Balaban J connectivity index is 0.00000200. The van der Waals surface area contributed by atoms with Crippen LogP contribution in [-0.2, 0) is 11.2 Å².